The van der Waals surface area contributed by atoms with Crippen LogP contribution < -0.4 is 5.32 Å². The van der Waals surface area contributed by atoms with E-state index in [9.17, 15) is 21.6 Å². The predicted octanol–water partition coefficient (Wildman–Crippen LogP) is 3.20. The van der Waals surface area contributed by atoms with Gasteiger partial charge in [0, 0.05) is 24.2 Å². The number of sulfone groups is 1. The number of rotatable bonds is 7. The predicted molar refractivity (Wildman–Crippen MR) is 129 cm³/mol. The molecule has 0 saturated carbocycles. The maximum Gasteiger partial charge on any atom is 0.322 e. The van der Waals surface area contributed by atoms with Gasteiger partial charge in [-0.1, -0.05) is 18.9 Å². The van der Waals surface area contributed by atoms with Gasteiger partial charge in [-0.15, -0.1) is 5.10 Å². The number of nitrogens with zero attached hydrogens (tertiary/aromatic N) is 3. The van der Waals surface area contributed by atoms with Crippen molar-refractivity contribution < 1.29 is 26.0 Å². The number of nitrogens with one attached hydrogen (secondary N) is 1. The van der Waals surface area contributed by atoms with Gasteiger partial charge in [-0.3, -0.25) is 10.1 Å². The Balaban J connectivity index is 1.43. The van der Waals surface area contributed by atoms with E-state index in [1.54, 1.807) is 19.1 Å². The van der Waals surface area contributed by atoms with E-state index in [1.807, 2.05) is 0 Å². The number of carbonyl (C=O) groups excluding carboxylic acids is 1. The van der Waals surface area contributed by atoms with Crippen molar-refractivity contribution in [3.8, 4) is 11.5 Å². The van der Waals surface area contributed by atoms with Crippen LogP contribution in [0.1, 0.15) is 37.0 Å². The Hall–Kier alpha value is -3.09. The summed E-state index contributed by atoms with van der Waals surface area (Å²) in [6, 6.07) is 11.5. The molecule has 1 fully saturated rings. The van der Waals surface area contributed by atoms with Gasteiger partial charge in [0.2, 0.25) is 15.9 Å². The van der Waals surface area contributed by atoms with E-state index in [0.717, 1.165) is 12.8 Å². The third-order valence-corrected chi connectivity index (χ3v) is 9.65. The summed E-state index contributed by atoms with van der Waals surface area (Å²) in [4.78, 5) is 12.9. The highest BCUT2D eigenvalue weighted by Gasteiger charge is 2.28. The van der Waals surface area contributed by atoms with Crippen molar-refractivity contribution in [3.05, 3.63) is 54.1 Å². The standard InChI is InChI=1S/C23H26N4O6S2/c1-3-34(29,30)19-8-6-18(7-9-19)22-25-26-23(33-22)24-21(28)17-4-10-20(11-5-17)35(31,32)27-14-12-16(2)13-15-27/h4-11,16H,3,12-15H2,1-2H3,(H,24,26,28). The second-order valence-corrected chi connectivity index (χ2v) is 12.6. The summed E-state index contributed by atoms with van der Waals surface area (Å²) < 4.78 is 56.5. The van der Waals surface area contributed by atoms with Crippen LogP contribution in [0, 0.1) is 5.92 Å². The molecule has 1 aromatic heterocycles. The summed E-state index contributed by atoms with van der Waals surface area (Å²) in [5.74, 6) is 0.0701. The molecule has 0 bridgehead atoms. The van der Waals surface area contributed by atoms with E-state index < -0.39 is 25.8 Å². The number of hydrogen-bond donors (Lipinski definition) is 1. The number of benzene rings is 2. The molecule has 1 saturated heterocycles. The molecule has 1 aliphatic rings. The van der Waals surface area contributed by atoms with Crippen molar-refractivity contribution in [1.29, 1.82) is 0 Å². The molecule has 0 aliphatic carbocycles. The zero-order chi connectivity index (χ0) is 25.2. The summed E-state index contributed by atoms with van der Waals surface area (Å²) >= 11 is 0. The second-order valence-electron chi connectivity index (χ2n) is 8.41. The lowest BCUT2D eigenvalue weighted by Gasteiger charge is -2.29. The first-order valence-electron chi connectivity index (χ1n) is 11.2. The highest BCUT2D eigenvalue weighted by atomic mass is 32.2. The fraction of sp³-hybridized carbons (Fsp3) is 0.348. The van der Waals surface area contributed by atoms with Crippen LogP contribution in [0.4, 0.5) is 6.01 Å². The lowest BCUT2D eigenvalue weighted by molar-refractivity contribution is 0.102. The molecule has 4 rings (SSSR count). The zero-order valence-electron chi connectivity index (χ0n) is 19.3. The Morgan fingerprint density at radius 2 is 1.57 bits per heavy atom. The van der Waals surface area contributed by atoms with Gasteiger partial charge in [0.15, 0.2) is 9.84 Å². The van der Waals surface area contributed by atoms with E-state index in [-0.39, 0.29) is 33.0 Å². The molecule has 1 amide bonds. The third kappa shape index (κ3) is 5.44. The molecule has 0 atom stereocenters. The van der Waals surface area contributed by atoms with Crippen molar-refractivity contribution in [3.63, 3.8) is 0 Å². The van der Waals surface area contributed by atoms with Crippen LogP contribution in [0.25, 0.3) is 11.5 Å². The monoisotopic (exact) mass is 518 g/mol. The van der Waals surface area contributed by atoms with Gasteiger partial charge in [-0.25, -0.2) is 16.8 Å². The minimum Gasteiger partial charge on any atom is -0.403 e. The quantitative estimate of drug-likeness (QED) is 0.503. The molecule has 2 aromatic carbocycles. The fourth-order valence-electron chi connectivity index (χ4n) is 3.68. The van der Waals surface area contributed by atoms with E-state index in [4.69, 9.17) is 4.42 Å². The Kier molecular flexibility index (Phi) is 7.06. The smallest absolute Gasteiger partial charge is 0.322 e. The largest absolute Gasteiger partial charge is 0.403 e. The van der Waals surface area contributed by atoms with Crippen molar-refractivity contribution in [2.24, 2.45) is 5.92 Å². The number of piperidine rings is 1. The van der Waals surface area contributed by atoms with Gasteiger partial charge in [0.05, 0.1) is 15.5 Å². The normalized spacial score (nSPS) is 15.7. The Morgan fingerprint density at radius 1 is 0.971 bits per heavy atom. The summed E-state index contributed by atoms with van der Waals surface area (Å²) in [6.07, 6.45) is 1.65. The molecular formula is C23H26N4O6S2. The average molecular weight is 519 g/mol. The van der Waals surface area contributed by atoms with Crippen molar-refractivity contribution in [2.45, 2.75) is 36.5 Å². The van der Waals surface area contributed by atoms with Gasteiger partial charge in [-0.05, 0) is 67.3 Å². The maximum atomic E-state index is 12.9. The van der Waals surface area contributed by atoms with Crippen molar-refractivity contribution in [2.75, 3.05) is 24.2 Å². The number of anilines is 1. The Labute approximate surface area is 204 Å². The van der Waals surface area contributed by atoms with Gasteiger partial charge < -0.3 is 4.42 Å². The lowest BCUT2D eigenvalue weighted by atomic mass is 10.0. The average Bonchev–Trinajstić information content (AvgIpc) is 3.33. The molecule has 0 radical (unpaired) electrons. The zero-order valence-corrected chi connectivity index (χ0v) is 21.0. The third-order valence-electron chi connectivity index (χ3n) is 5.98. The maximum absolute atomic E-state index is 12.9. The summed E-state index contributed by atoms with van der Waals surface area (Å²) in [7, 11) is -6.93. The molecule has 10 nitrogen and oxygen atoms in total. The van der Waals surface area contributed by atoms with Crippen molar-refractivity contribution in [1.82, 2.24) is 14.5 Å². The molecule has 3 aromatic rings. The molecular weight excluding hydrogens is 492 g/mol. The highest BCUT2D eigenvalue weighted by molar-refractivity contribution is 7.91. The summed E-state index contributed by atoms with van der Waals surface area (Å²) in [5, 5.41) is 10.2. The first-order chi connectivity index (χ1) is 16.6. The first-order valence-corrected chi connectivity index (χ1v) is 14.3. The minimum atomic E-state index is -3.61. The molecule has 2 heterocycles. The number of amides is 1. The van der Waals surface area contributed by atoms with Crippen molar-refractivity contribution >= 4 is 31.8 Å². The van der Waals surface area contributed by atoms with E-state index in [1.165, 1.54) is 40.7 Å². The molecule has 0 unspecified atom stereocenters. The highest BCUT2D eigenvalue weighted by Crippen LogP contribution is 2.25. The second kappa shape index (κ2) is 9.88. The molecule has 35 heavy (non-hydrogen) atoms. The van der Waals surface area contributed by atoms with E-state index in [0.29, 0.717) is 24.6 Å². The van der Waals surface area contributed by atoms with Gasteiger partial charge in [-0.2, -0.15) is 4.31 Å². The van der Waals surface area contributed by atoms with Gasteiger partial charge in [0.25, 0.3) is 5.91 Å². The van der Waals surface area contributed by atoms with E-state index >= 15 is 0 Å². The number of hydrogen-bond acceptors (Lipinski definition) is 8. The molecule has 1 aliphatic heterocycles. The summed E-state index contributed by atoms with van der Waals surface area (Å²) in [6.45, 7) is 4.65. The Bertz CT molecular complexity index is 1410. The van der Waals surface area contributed by atoms with Crippen LogP contribution in [-0.2, 0) is 19.9 Å². The van der Waals surface area contributed by atoms with Gasteiger partial charge >= 0.3 is 6.01 Å². The van der Waals surface area contributed by atoms with Crippen LogP contribution in [0.5, 0.6) is 0 Å². The fourth-order valence-corrected chi connectivity index (χ4v) is 6.04. The van der Waals surface area contributed by atoms with Crippen LogP contribution in [0.3, 0.4) is 0 Å². The molecule has 1 N–H and O–H groups in total. The minimum absolute atomic E-state index is 0.00642. The number of aromatic nitrogens is 2. The molecule has 0 spiro atoms. The number of sulfonamides is 1. The molecule has 12 heteroatoms. The van der Waals surface area contributed by atoms with Crippen LogP contribution in [0.15, 0.2) is 62.7 Å². The number of carbonyl (C=O) groups is 1. The van der Waals surface area contributed by atoms with Crippen LogP contribution in [0.2, 0.25) is 0 Å². The Morgan fingerprint density at radius 3 is 2.17 bits per heavy atom. The first kappa shape index (κ1) is 25.0. The van der Waals surface area contributed by atoms with Crippen LogP contribution >= 0.6 is 0 Å². The summed E-state index contributed by atoms with van der Waals surface area (Å²) in [5.41, 5.74) is 0.722. The molecule has 186 valence electrons. The van der Waals surface area contributed by atoms with E-state index in [2.05, 4.69) is 22.4 Å². The van der Waals surface area contributed by atoms with Crippen LogP contribution in [-0.4, -0.2) is 56.1 Å². The topological polar surface area (TPSA) is 140 Å². The SMILES string of the molecule is CCS(=O)(=O)c1ccc(-c2nnc(NC(=O)c3ccc(S(=O)(=O)N4CCC(C)CC4)cc3)o2)cc1. The van der Waals surface area contributed by atoms with Gasteiger partial charge in [0.1, 0.15) is 0 Å². The lowest BCUT2D eigenvalue weighted by Crippen LogP contribution is -2.37.